The van der Waals surface area contributed by atoms with E-state index in [0.717, 1.165) is 38.2 Å². The minimum atomic E-state index is 0.648. The Morgan fingerprint density at radius 1 is 0.273 bits per heavy atom. The molecule has 2 heterocycles. The fraction of sp³-hybridized carbons (Fsp3) is 0. The molecule has 9 aromatic carbocycles. The van der Waals surface area contributed by atoms with Crippen molar-refractivity contribution >= 4 is 63.8 Å². The van der Waals surface area contributed by atoms with Crippen LogP contribution in [0.4, 0.5) is 0 Å². The van der Waals surface area contributed by atoms with Gasteiger partial charge in [-0.1, -0.05) is 164 Å². The zero-order valence-corrected chi connectivity index (χ0v) is 30.5. The number of thiophene rings is 1. The van der Waals surface area contributed by atoms with Crippen molar-refractivity contribution in [3.8, 4) is 56.4 Å². The van der Waals surface area contributed by atoms with Crippen LogP contribution in [0.1, 0.15) is 0 Å². The van der Waals surface area contributed by atoms with Crippen molar-refractivity contribution in [2.24, 2.45) is 0 Å². The van der Waals surface area contributed by atoms with E-state index in [4.69, 9.17) is 15.0 Å². The van der Waals surface area contributed by atoms with Gasteiger partial charge in [0.2, 0.25) is 0 Å². The standard InChI is InChI=1S/C51H31N3S/c1-2-14-32(15-3-1)35-28-30-44(39-21-8-6-19-36(35)39)49-52-50(54-51(53-49)46-26-13-25-43-42-23-10-11-27-47(42)55-48(43)46)45-31-29-41(38-20-7-9-22-40(38)45)37-24-12-17-33-16-4-5-18-34(33)37/h1-31H. The first kappa shape index (κ1) is 31.5. The lowest BCUT2D eigenvalue weighted by Crippen LogP contribution is -2.01. The average molecular weight is 718 g/mol. The van der Waals surface area contributed by atoms with Crippen LogP contribution in [0.3, 0.4) is 0 Å². The molecular weight excluding hydrogens is 687 g/mol. The first-order valence-corrected chi connectivity index (χ1v) is 19.3. The van der Waals surface area contributed by atoms with Gasteiger partial charge in [0.25, 0.3) is 0 Å². The molecule has 0 radical (unpaired) electrons. The van der Waals surface area contributed by atoms with Crippen molar-refractivity contribution in [1.29, 1.82) is 0 Å². The van der Waals surface area contributed by atoms with Crippen LogP contribution in [-0.4, -0.2) is 15.0 Å². The van der Waals surface area contributed by atoms with E-state index < -0.39 is 0 Å². The maximum atomic E-state index is 5.36. The van der Waals surface area contributed by atoms with Gasteiger partial charge in [0.05, 0.1) is 0 Å². The first-order chi connectivity index (χ1) is 27.3. The van der Waals surface area contributed by atoms with Gasteiger partial charge in [0, 0.05) is 36.9 Å². The van der Waals surface area contributed by atoms with Gasteiger partial charge in [-0.3, -0.25) is 0 Å². The van der Waals surface area contributed by atoms with Crippen LogP contribution in [0.5, 0.6) is 0 Å². The molecule has 0 bridgehead atoms. The summed E-state index contributed by atoms with van der Waals surface area (Å²) in [5.74, 6) is 1.96. The molecule has 55 heavy (non-hydrogen) atoms. The number of benzene rings is 9. The summed E-state index contributed by atoms with van der Waals surface area (Å²) in [6, 6.07) is 66.8. The number of hydrogen-bond acceptors (Lipinski definition) is 4. The summed E-state index contributed by atoms with van der Waals surface area (Å²) in [5, 5.41) is 9.43. The average Bonchev–Trinajstić information content (AvgIpc) is 3.65. The van der Waals surface area contributed by atoms with E-state index in [2.05, 4.69) is 188 Å². The minimum Gasteiger partial charge on any atom is -0.208 e. The first-order valence-electron chi connectivity index (χ1n) is 18.5. The predicted octanol–water partition coefficient (Wildman–Crippen LogP) is 14.0. The van der Waals surface area contributed by atoms with Gasteiger partial charge in [-0.15, -0.1) is 11.3 Å². The Labute approximate surface area is 321 Å². The van der Waals surface area contributed by atoms with Crippen molar-refractivity contribution in [2.45, 2.75) is 0 Å². The van der Waals surface area contributed by atoms with Gasteiger partial charge < -0.3 is 0 Å². The van der Waals surface area contributed by atoms with E-state index in [-0.39, 0.29) is 0 Å². The van der Waals surface area contributed by atoms with E-state index >= 15 is 0 Å². The van der Waals surface area contributed by atoms with Crippen LogP contribution in [0, 0.1) is 0 Å². The Morgan fingerprint density at radius 3 is 1.42 bits per heavy atom. The summed E-state index contributed by atoms with van der Waals surface area (Å²) in [4.78, 5) is 16.0. The summed E-state index contributed by atoms with van der Waals surface area (Å²) in [7, 11) is 0. The molecule has 0 unspecified atom stereocenters. The van der Waals surface area contributed by atoms with Crippen molar-refractivity contribution < 1.29 is 0 Å². The van der Waals surface area contributed by atoms with Gasteiger partial charge in [0.1, 0.15) is 0 Å². The third-order valence-electron chi connectivity index (χ3n) is 10.8. The molecule has 2 aromatic heterocycles. The number of fused-ring (bicyclic) bond motifs is 6. The number of aromatic nitrogens is 3. The lowest BCUT2D eigenvalue weighted by Gasteiger charge is -2.15. The van der Waals surface area contributed by atoms with Gasteiger partial charge in [-0.05, 0) is 78.8 Å². The molecular formula is C51H31N3S. The molecule has 11 rings (SSSR count). The molecule has 0 aliphatic carbocycles. The zero-order chi connectivity index (χ0) is 36.3. The van der Waals surface area contributed by atoms with Gasteiger partial charge >= 0.3 is 0 Å². The van der Waals surface area contributed by atoms with Crippen LogP contribution in [0.2, 0.25) is 0 Å². The Balaban J connectivity index is 1.18. The van der Waals surface area contributed by atoms with Crippen molar-refractivity contribution in [2.75, 3.05) is 0 Å². The molecule has 4 heteroatoms. The Morgan fingerprint density at radius 2 is 0.709 bits per heavy atom. The van der Waals surface area contributed by atoms with E-state index in [0.29, 0.717) is 17.5 Å². The normalized spacial score (nSPS) is 11.6. The topological polar surface area (TPSA) is 38.7 Å². The molecule has 11 aromatic rings. The molecule has 0 N–H and O–H groups in total. The summed E-state index contributed by atoms with van der Waals surface area (Å²) in [6.45, 7) is 0. The second kappa shape index (κ2) is 12.8. The smallest absolute Gasteiger partial charge is 0.165 e. The number of rotatable bonds is 5. The fourth-order valence-electron chi connectivity index (χ4n) is 8.21. The van der Waals surface area contributed by atoms with E-state index in [9.17, 15) is 0 Å². The Hall–Kier alpha value is -7.01. The van der Waals surface area contributed by atoms with Crippen LogP contribution in [0.25, 0.3) is 109 Å². The SMILES string of the molecule is c1ccc(-c2ccc(-c3nc(-c4ccc(-c5cccc6ccccc56)c5ccccc45)nc(-c4cccc5c4sc4ccccc45)n3)c3ccccc23)cc1. The molecule has 0 fully saturated rings. The van der Waals surface area contributed by atoms with Gasteiger partial charge in [-0.25, -0.2) is 15.0 Å². The number of hydrogen-bond donors (Lipinski definition) is 0. The summed E-state index contributed by atoms with van der Waals surface area (Å²) >= 11 is 1.79. The minimum absolute atomic E-state index is 0.648. The lowest BCUT2D eigenvalue weighted by molar-refractivity contribution is 1.08. The van der Waals surface area contributed by atoms with Crippen LogP contribution < -0.4 is 0 Å². The largest absolute Gasteiger partial charge is 0.208 e. The predicted molar refractivity (Wildman–Crippen MR) is 232 cm³/mol. The molecule has 256 valence electrons. The zero-order valence-electron chi connectivity index (χ0n) is 29.6. The van der Waals surface area contributed by atoms with Crippen molar-refractivity contribution in [3.05, 3.63) is 188 Å². The fourth-order valence-corrected chi connectivity index (χ4v) is 9.42. The highest BCUT2D eigenvalue weighted by atomic mass is 32.1. The van der Waals surface area contributed by atoms with Crippen LogP contribution >= 0.6 is 11.3 Å². The Kier molecular flexibility index (Phi) is 7.35. The molecule has 0 aliphatic heterocycles. The quantitative estimate of drug-likeness (QED) is 0.178. The molecule has 0 atom stereocenters. The summed E-state index contributed by atoms with van der Waals surface area (Å²) in [6.07, 6.45) is 0. The number of nitrogens with zero attached hydrogens (tertiary/aromatic N) is 3. The highest BCUT2D eigenvalue weighted by molar-refractivity contribution is 7.26. The molecule has 0 aliphatic rings. The second-order valence-corrected chi connectivity index (χ2v) is 14.9. The maximum Gasteiger partial charge on any atom is 0.165 e. The van der Waals surface area contributed by atoms with E-state index in [1.54, 1.807) is 11.3 Å². The molecule has 3 nitrogen and oxygen atoms in total. The highest BCUT2D eigenvalue weighted by Crippen LogP contribution is 2.42. The summed E-state index contributed by atoms with van der Waals surface area (Å²) in [5.41, 5.74) is 7.70. The summed E-state index contributed by atoms with van der Waals surface area (Å²) < 4.78 is 2.42. The maximum absolute atomic E-state index is 5.36. The third-order valence-corrected chi connectivity index (χ3v) is 12.0. The van der Waals surface area contributed by atoms with Crippen LogP contribution in [-0.2, 0) is 0 Å². The van der Waals surface area contributed by atoms with Crippen LogP contribution in [0.15, 0.2) is 188 Å². The molecule has 0 amide bonds. The molecule has 0 saturated carbocycles. The monoisotopic (exact) mass is 717 g/mol. The van der Waals surface area contributed by atoms with E-state index in [1.165, 1.54) is 53.2 Å². The van der Waals surface area contributed by atoms with Gasteiger partial charge in [-0.2, -0.15) is 0 Å². The second-order valence-electron chi connectivity index (χ2n) is 13.9. The van der Waals surface area contributed by atoms with E-state index in [1.807, 2.05) is 0 Å². The lowest BCUT2D eigenvalue weighted by atomic mass is 9.91. The third kappa shape index (κ3) is 5.22. The highest BCUT2D eigenvalue weighted by Gasteiger charge is 2.20. The van der Waals surface area contributed by atoms with Crippen molar-refractivity contribution in [3.63, 3.8) is 0 Å². The Bertz CT molecular complexity index is 3270. The molecule has 0 saturated heterocycles. The van der Waals surface area contributed by atoms with Gasteiger partial charge in [0.15, 0.2) is 17.5 Å². The van der Waals surface area contributed by atoms with Crippen molar-refractivity contribution in [1.82, 2.24) is 15.0 Å². The molecule has 0 spiro atoms.